The van der Waals surface area contributed by atoms with Gasteiger partial charge < -0.3 is 14.1 Å². The van der Waals surface area contributed by atoms with Gasteiger partial charge in [0.1, 0.15) is 29.8 Å². The Labute approximate surface area is 156 Å². The van der Waals surface area contributed by atoms with Gasteiger partial charge in [0.2, 0.25) is 0 Å². The molecule has 0 aliphatic rings. The highest BCUT2D eigenvalue weighted by molar-refractivity contribution is 5.91. The van der Waals surface area contributed by atoms with Crippen molar-refractivity contribution in [3.63, 3.8) is 0 Å². The molecule has 6 heteroatoms. The van der Waals surface area contributed by atoms with Crippen LogP contribution in [0.4, 0.5) is 8.78 Å². The highest BCUT2D eigenvalue weighted by Gasteiger charge is 2.22. The van der Waals surface area contributed by atoms with Gasteiger partial charge in [-0.05, 0) is 61.0 Å². The molecule has 0 N–H and O–H groups in total. The first kappa shape index (κ1) is 18.6. The molecular weight excluding hydrogens is 352 g/mol. The maximum Gasteiger partial charge on any atom is 0.289 e. The van der Waals surface area contributed by atoms with Crippen LogP contribution < -0.4 is 4.74 Å². The summed E-state index contributed by atoms with van der Waals surface area (Å²) < 4.78 is 37.0. The molecule has 27 heavy (non-hydrogen) atoms. The maximum atomic E-state index is 13.1. The van der Waals surface area contributed by atoms with Crippen molar-refractivity contribution in [3.05, 3.63) is 89.4 Å². The Morgan fingerprint density at radius 3 is 2.22 bits per heavy atom. The normalized spacial score (nSPS) is 11.9. The van der Waals surface area contributed by atoms with Gasteiger partial charge in [-0.3, -0.25) is 4.79 Å². The molecule has 0 fully saturated rings. The van der Waals surface area contributed by atoms with E-state index in [1.54, 1.807) is 31.3 Å². The van der Waals surface area contributed by atoms with E-state index in [1.807, 2.05) is 6.92 Å². The second-order valence-corrected chi connectivity index (χ2v) is 6.15. The van der Waals surface area contributed by atoms with E-state index in [4.69, 9.17) is 9.15 Å². The van der Waals surface area contributed by atoms with E-state index in [0.29, 0.717) is 11.5 Å². The highest BCUT2D eigenvalue weighted by Crippen LogP contribution is 2.22. The van der Waals surface area contributed by atoms with Crippen molar-refractivity contribution in [2.45, 2.75) is 19.6 Å². The van der Waals surface area contributed by atoms with Crippen LogP contribution in [-0.2, 0) is 6.61 Å². The second-order valence-electron chi connectivity index (χ2n) is 6.15. The predicted molar refractivity (Wildman–Crippen MR) is 96.3 cm³/mol. The summed E-state index contributed by atoms with van der Waals surface area (Å²) in [5, 5.41) is 0. The standard InChI is InChI=1S/C21H19F2NO3/c1-14(15-3-5-16(22)6-4-15)24(2)21(25)20-12-11-19(27-20)13-26-18-9-7-17(23)8-10-18/h3-12,14H,13H2,1-2H3. The monoisotopic (exact) mass is 371 g/mol. The molecule has 0 saturated heterocycles. The summed E-state index contributed by atoms with van der Waals surface area (Å²) in [6, 6.07) is 14.7. The van der Waals surface area contributed by atoms with Crippen molar-refractivity contribution < 1.29 is 22.7 Å². The molecule has 0 radical (unpaired) electrons. The van der Waals surface area contributed by atoms with Crippen molar-refractivity contribution in [1.29, 1.82) is 0 Å². The first-order valence-electron chi connectivity index (χ1n) is 8.44. The molecule has 4 nitrogen and oxygen atoms in total. The number of ether oxygens (including phenoxy) is 1. The average Bonchev–Trinajstić information content (AvgIpc) is 3.15. The van der Waals surface area contributed by atoms with Gasteiger partial charge in [-0.25, -0.2) is 8.78 Å². The van der Waals surface area contributed by atoms with Crippen LogP contribution in [-0.4, -0.2) is 17.9 Å². The minimum Gasteiger partial charge on any atom is -0.486 e. The van der Waals surface area contributed by atoms with E-state index in [2.05, 4.69) is 0 Å². The summed E-state index contributed by atoms with van der Waals surface area (Å²) in [7, 11) is 1.66. The Hall–Kier alpha value is -3.15. The Balaban J connectivity index is 1.63. The average molecular weight is 371 g/mol. The largest absolute Gasteiger partial charge is 0.486 e. The Kier molecular flexibility index (Phi) is 5.54. The van der Waals surface area contributed by atoms with Crippen LogP contribution in [0.1, 0.15) is 34.8 Å². The van der Waals surface area contributed by atoms with E-state index in [-0.39, 0.29) is 36.0 Å². The van der Waals surface area contributed by atoms with Gasteiger partial charge in [-0.1, -0.05) is 12.1 Å². The van der Waals surface area contributed by atoms with Crippen LogP contribution in [0.15, 0.2) is 65.1 Å². The SMILES string of the molecule is CC(c1ccc(F)cc1)N(C)C(=O)c1ccc(COc2ccc(F)cc2)o1. The summed E-state index contributed by atoms with van der Waals surface area (Å²) >= 11 is 0. The first-order chi connectivity index (χ1) is 12.9. The Morgan fingerprint density at radius 2 is 1.59 bits per heavy atom. The van der Waals surface area contributed by atoms with E-state index in [9.17, 15) is 13.6 Å². The predicted octanol–water partition coefficient (Wildman–Crippen LogP) is 4.97. The maximum absolute atomic E-state index is 13.1. The van der Waals surface area contributed by atoms with Gasteiger partial charge in [0, 0.05) is 7.05 Å². The lowest BCUT2D eigenvalue weighted by Gasteiger charge is -2.24. The van der Waals surface area contributed by atoms with Crippen molar-refractivity contribution in [1.82, 2.24) is 4.90 Å². The zero-order valence-corrected chi connectivity index (χ0v) is 15.0. The Bertz CT molecular complexity index is 904. The third-order valence-corrected chi connectivity index (χ3v) is 4.32. The molecule has 0 saturated carbocycles. The molecule has 1 amide bonds. The molecule has 0 aliphatic heterocycles. The third-order valence-electron chi connectivity index (χ3n) is 4.32. The zero-order valence-electron chi connectivity index (χ0n) is 15.0. The molecule has 1 heterocycles. The lowest BCUT2D eigenvalue weighted by molar-refractivity contribution is 0.0706. The molecule has 0 aliphatic carbocycles. The van der Waals surface area contributed by atoms with Crippen molar-refractivity contribution in [2.75, 3.05) is 7.05 Å². The van der Waals surface area contributed by atoms with E-state index in [1.165, 1.54) is 41.3 Å². The van der Waals surface area contributed by atoms with Gasteiger partial charge in [-0.15, -0.1) is 0 Å². The highest BCUT2D eigenvalue weighted by atomic mass is 19.1. The summed E-state index contributed by atoms with van der Waals surface area (Å²) in [5.41, 5.74) is 0.818. The topological polar surface area (TPSA) is 42.7 Å². The van der Waals surface area contributed by atoms with E-state index >= 15 is 0 Å². The van der Waals surface area contributed by atoms with Gasteiger partial charge >= 0.3 is 0 Å². The van der Waals surface area contributed by atoms with Crippen LogP contribution in [0.3, 0.4) is 0 Å². The van der Waals surface area contributed by atoms with Crippen LogP contribution >= 0.6 is 0 Å². The number of carbonyl (C=O) groups excluding carboxylic acids is 1. The fourth-order valence-corrected chi connectivity index (χ4v) is 2.57. The molecule has 0 spiro atoms. The molecule has 3 aromatic rings. The Morgan fingerprint density at radius 1 is 1.00 bits per heavy atom. The van der Waals surface area contributed by atoms with Gasteiger partial charge in [0.25, 0.3) is 5.91 Å². The summed E-state index contributed by atoms with van der Waals surface area (Å²) in [4.78, 5) is 14.2. The lowest BCUT2D eigenvalue weighted by Crippen LogP contribution is -2.29. The number of halogens is 2. The first-order valence-corrected chi connectivity index (χ1v) is 8.44. The van der Waals surface area contributed by atoms with Crippen LogP contribution in [0.2, 0.25) is 0 Å². The number of rotatable bonds is 6. The number of carbonyl (C=O) groups is 1. The molecule has 1 atom stereocenters. The van der Waals surface area contributed by atoms with Crippen molar-refractivity contribution in [3.8, 4) is 5.75 Å². The number of hydrogen-bond acceptors (Lipinski definition) is 3. The number of nitrogens with zero attached hydrogens (tertiary/aromatic N) is 1. The minimum absolute atomic E-state index is 0.121. The smallest absolute Gasteiger partial charge is 0.289 e. The summed E-state index contributed by atoms with van der Waals surface area (Å²) in [5.74, 6) is 0.209. The van der Waals surface area contributed by atoms with E-state index < -0.39 is 0 Å². The molecule has 140 valence electrons. The second kappa shape index (κ2) is 8.03. The van der Waals surface area contributed by atoms with Crippen molar-refractivity contribution >= 4 is 5.91 Å². The number of furan rings is 1. The molecule has 1 aromatic heterocycles. The van der Waals surface area contributed by atoms with Gasteiger partial charge in [0.15, 0.2) is 5.76 Å². The number of hydrogen-bond donors (Lipinski definition) is 0. The molecule has 3 rings (SSSR count). The lowest BCUT2D eigenvalue weighted by atomic mass is 10.1. The number of amides is 1. The van der Waals surface area contributed by atoms with Crippen LogP contribution in [0.25, 0.3) is 0 Å². The molecule has 0 bridgehead atoms. The third kappa shape index (κ3) is 4.53. The quantitative estimate of drug-likeness (QED) is 0.614. The number of benzene rings is 2. The molecule has 2 aromatic carbocycles. The van der Waals surface area contributed by atoms with E-state index in [0.717, 1.165) is 5.56 Å². The van der Waals surface area contributed by atoms with Crippen LogP contribution in [0, 0.1) is 11.6 Å². The minimum atomic E-state index is -0.341. The fourth-order valence-electron chi connectivity index (χ4n) is 2.57. The zero-order chi connectivity index (χ0) is 19.4. The summed E-state index contributed by atoms with van der Waals surface area (Å²) in [6.45, 7) is 1.97. The van der Waals surface area contributed by atoms with Gasteiger partial charge in [-0.2, -0.15) is 0 Å². The molecule has 1 unspecified atom stereocenters. The summed E-state index contributed by atoms with van der Waals surface area (Å²) in [6.07, 6.45) is 0. The van der Waals surface area contributed by atoms with Crippen molar-refractivity contribution in [2.24, 2.45) is 0 Å². The molecular formula is C21H19F2NO3. The fraction of sp³-hybridized carbons (Fsp3) is 0.190. The van der Waals surface area contributed by atoms with Gasteiger partial charge in [0.05, 0.1) is 6.04 Å². The van der Waals surface area contributed by atoms with Crippen LogP contribution in [0.5, 0.6) is 5.75 Å².